The SMILES string of the molecule is CN1CCN(C(=O)c2nn(C)c3c2CN(Cc2ccsc2)C3)CC1.O=C(O)C(F)(F)F.O=C(O)C(F)(F)F. The number of likely N-dealkylation sites (N-methyl/N-ethyl adjacent to an activating group) is 1. The molecule has 0 aromatic carbocycles. The average molecular weight is 574 g/mol. The number of hydrogen-bond donors (Lipinski definition) is 2. The van der Waals surface area contributed by atoms with Crippen LogP contribution in [0.2, 0.25) is 0 Å². The van der Waals surface area contributed by atoms with Gasteiger partial charge in [-0.25, -0.2) is 9.59 Å². The summed E-state index contributed by atoms with van der Waals surface area (Å²) in [5.74, 6) is -5.42. The van der Waals surface area contributed by atoms with Gasteiger partial charge in [0.05, 0.1) is 5.69 Å². The third kappa shape index (κ3) is 8.70. The van der Waals surface area contributed by atoms with Crippen LogP contribution in [0.4, 0.5) is 26.3 Å². The van der Waals surface area contributed by atoms with Crippen LogP contribution in [0, 0.1) is 0 Å². The summed E-state index contributed by atoms with van der Waals surface area (Å²) in [6.45, 7) is 6.06. The van der Waals surface area contributed by atoms with Crippen LogP contribution >= 0.6 is 11.3 Å². The van der Waals surface area contributed by atoms with E-state index in [9.17, 15) is 31.1 Å². The summed E-state index contributed by atoms with van der Waals surface area (Å²) in [6.07, 6.45) is -10.2. The lowest BCUT2D eigenvalue weighted by Crippen LogP contribution is -2.47. The van der Waals surface area contributed by atoms with Crippen molar-refractivity contribution in [2.45, 2.75) is 32.0 Å². The summed E-state index contributed by atoms with van der Waals surface area (Å²) in [7, 11) is 4.05. The molecule has 2 aliphatic heterocycles. The molecule has 2 aromatic rings. The van der Waals surface area contributed by atoms with Gasteiger partial charge >= 0.3 is 24.3 Å². The quantitative estimate of drug-likeness (QED) is 0.539. The monoisotopic (exact) mass is 573 g/mol. The Hall–Kier alpha value is -3.18. The van der Waals surface area contributed by atoms with E-state index in [1.54, 1.807) is 11.3 Å². The number of rotatable bonds is 3. The fourth-order valence-electron chi connectivity index (χ4n) is 3.54. The zero-order valence-electron chi connectivity index (χ0n) is 20.2. The van der Waals surface area contributed by atoms with E-state index in [1.807, 2.05) is 16.6 Å². The zero-order valence-corrected chi connectivity index (χ0v) is 21.0. The summed E-state index contributed by atoms with van der Waals surface area (Å²) in [4.78, 5) is 37.3. The van der Waals surface area contributed by atoms with E-state index >= 15 is 0 Å². The van der Waals surface area contributed by atoms with Crippen LogP contribution in [0.1, 0.15) is 27.3 Å². The highest BCUT2D eigenvalue weighted by Gasteiger charge is 2.39. The van der Waals surface area contributed by atoms with E-state index in [2.05, 4.69) is 38.8 Å². The summed E-state index contributed by atoms with van der Waals surface area (Å²) < 4.78 is 65.4. The molecule has 0 bridgehead atoms. The van der Waals surface area contributed by atoms with Gasteiger partial charge in [0.25, 0.3) is 5.91 Å². The predicted molar refractivity (Wildman–Crippen MR) is 121 cm³/mol. The van der Waals surface area contributed by atoms with Gasteiger partial charge in [0, 0.05) is 58.4 Å². The lowest BCUT2D eigenvalue weighted by Gasteiger charge is -2.32. The number of aliphatic carboxylic acids is 2. The Labute approximate surface area is 216 Å². The first kappa shape index (κ1) is 31.0. The molecule has 0 aliphatic carbocycles. The molecule has 10 nitrogen and oxygen atoms in total. The first-order valence-corrected chi connectivity index (χ1v) is 11.8. The fourth-order valence-corrected chi connectivity index (χ4v) is 4.20. The lowest BCUT2D eigenvalue weighted by atomic mass is 10.2. The van der Waals surface area contributed by atoms with Crippen LogP contribution in [-0.2, 0) is 36.3 Å². The van der Waals surface area contributed by atoms with Crippen molar-refractivity contribution in [3.8, 4) is 0 Å². The number of halogens is 6. The maximum atomic E-state index is 12.9. The Morgan fingerprint density at radius 1 is 0.947 bits per heavy atom. The molecule has 0 atom stereocenters. The van der Waals surface area contributed by atoms with Crippen LogP contribution in [-0.4, -0.2) is 98.1 Å². The predicted octanol–water partition coefficient (Wildman–Crippen LogP) is 2.65. The minimum atomic E-state index is -5.08. The zero-order chi connectivity index (χ0) is 28.8. The third-order valence-electron chi connectivity index (χ3n) is 5.49. The number of hydrogen-bond acceptors (Lipinski definition) is 7. The molecule has 4 heterocycles. The van der Waals surface area contributed by atoms with Gasteiger partial charge in [0.15, 0.2) is 5.69 Å². The number of carbonyl (C=O) groups is 3. The minimum Gasteiger partial charge on any atom is -0.475 e. The maximum Gasteiger partial charge on any atom is 0.490 e. The van der Waals surface area contributed by atoms with Gasteiger partial charge in [-0.1, -0.05) is 0 Å². The van der Waals surface area contributed by atoms with Crippen LogP contribution in [0.5, 0.6) is 0 Å². The molecule has 1 fully saturated rings. The molecule has 212 valence electrons. The highest BCUT2D eigenvalue weighted by atomic mass is 32.1. The fraction of sp³-hybridized carbons (Fsp3) is 0.524. The van der Waals surface area contributed by atoms with E-state index < -0.39 is 24.3 Å². The largest absolute Gasteiger partial charge is 0.490 e. The van der Waals surface area contributed by atoms with Gasteiger partial charge in [0.2, 0.25) is 0 Å². The first-order valence-electron chi connectivity index (χ1n) is 10.9. The molecule has 0 unspecified atom stereocenters. The van der Waals surface area contributed by atoms with E-state index in [4.69, 9.17) is 19.8 Å². The molecule has 17 heteroatoms. The normalized spacial score (nSPS) is 16.2. The molecule has 2 aromatic heterocycles. The molecule has 0 radical (unpaired) electrons. The number of nitrogens with zero attached hydrogens (tertiary/aromatic N) is 5. The Balaban J connectivity index is 0.000000301. The summed E-state index contributed by atoms with van der Waals surface area (Å²) in [5.41, 5.74) is 4.30. The number of aromatic nitrogens is 2. The van der Waals surface area contributed by atoms with Crippen LogP contribution in [0.25, 0.3) is 0 Å². The van der Waals surface area contributed by atoms with Crippen molar-refractivity contribution in [3.05, 3.63) is 39.3 Å². The summed E-state index contributed by atoms with van der Waals surface area (Å²) in [5, 5.41) is 23.1. The van der Waals surface area contributed by atoms with Crippen molar-refractivity contribution < 1.29 is 50.9 Å². The van der Waals surface area contributed by atoms with Gasteiger partial charge in [-0.3, -0.25) is 14.4 Å². The molecule has 38 heavy (non-hydrogen) atoms. The highest BCUT2D eigenvalue weighted by Crippen LogP contribution is 2.28. The van der Waals surface area contributed by atoms with E-state index in [0.29, 0.717) is 5.69 Å². The molecule has 4 rings (SSSR count). The third-order valence-corrected chi connectivity index (χ3v) is 6.23. The molecule has 1 saturated heterocycles. The highest BCUT2D eigenvalue weighted by molar-refractivity contribution is 7.07. The summed E-state index contributed by atoms with van der Waals surface area (Å²) >= 11 is 1.73. The second kappa shape index (κ2) is 12.6. The Kier molecular flexibility index (Phi) is 10.3. The Bertz CT molecular complexity index is 1090. The second-order valence-electron chi connectivity index (χ2n) is 8.38. The number of alkyl halides is 6. The molecular weight excluding hydrogens is 548 g/mol. The molecular formula is C21H25F6N5O5S. The van der Waals surface area contributed by atoms with E-state index in [-0.39, 0.29) is 5.91 Å². The van der Waals surface area contributed by atoms with Crippen molar-refractivity contribution >= 4 is 29.2 Å². The molecule has 2 aliphatic rings. The molecule has 1 amide bonds. The van der Waals surface area contributed by atoms with Crippen LogP contribution in [0.15, 0.2) is 16.8 Å². The maximum absolute atomic E-state index is 12.9. The van der Waals surface area contributed by atoms with Gasteiger partial charge in [-0.05, 0) is 29.4 Å². The number of thiophene rings is 1. The summed E-state index contributed by atoms with van der Waals surface area (Å²) in [6, 6.07) is 2.17. The van der Waals surface area contributed by atoms with Gasteiger partial charge in [0.1, 0.15) is 0 Å². The smallest absolute Gasteiger partial charge is 0.475 e. The first-order chi connectivity index (χ1) is 17.5. The topological polar surface area (TPSA) is 119 Å². The average Bonchev–Trinajstić information content (AvgIpc) is 3.53. The number of piperazine rings is 1. The van der Waals surface area contributed by atoms with Crippen molar-refractivity contribution in [3.63, 3.8) is 0 Å². The number of carbonyl (C=O) groups excluding carboxylic acids is 1. The Morgan fingerprint density at radius 3 is 1.92 bits per heavy atom. The van der Waals surface area contributed by atoms with Crippen LogP contribution in [0.3, 0.4) is 0 Å². The van der Waals surface area contributed by atoms with Gasteiger partial charge in [-0.2, -0.15) is 42.8 Å². The second-order valence-corrected chi connectivity index (χ2v) is 9.16. The number of amides is 1. The minimum absolute atomic E-state index is 0.0948. The molecule has 0 spiro atoms. The van der Waals surface area contributed by atoms with Crippen molar-refractivity contribution in [2.24, 2.45) is 7.05 Å². The number of fused-ring (bicyclic) bond motifs is 1. The van der Waals surface area contributed by atoms with E-state index in [1.165, 1.54) is 11.3 Å². The number of aryl methyl sites for hydroxylation is 1. The molecule has 2 N–H and O–H groups in total. The van der Waals surface area contributed by atoms with E-state index in [0.717, 1.165) is 51.4 Å². The standard InChI is InChI=1S/C17H23N5OS.2C2HF3O2/c1-19-4-6-22(7-5-19)17(23)16-14-10-21(9-13-3-8-24-12-13)11-15(14)20(2)18-16;2*3-2(4,5)1(6)7/h3,8,12H,4-7,9-11H2,1-2H3;2*(H,6,7). The lowest BCUT2D eigenvalue weighted by molar-refractivity contribution is -0.193. The van der Waals surface area contributed by atoms with Crippen molar-refractivity contribution in [1.29, 1.82) is 0 Å². The van der Waals surface area contributed by atoms with Gasteiger partial charge in [-0.15, -0.1) is 0 Å². The van der Waals surface area contributed by atoms with Gasteiger partial charge < -0.3 is 20.0 Å². The van der Waals surface area contributed by atoms with Crippen molar-refractivity contribution in [1.82, 2.24) is 24.5 Å². The van der Waals surface area contributed by atoms with Crippen molar-refractivity contribution in [2.75, 3.05) is 33.2 Å². The number of carboxylic acid groups (broad SMARTS) is 2. The number of carboxylic acids is 2. The molecule has 0 saturated carbocycles. The Morgan fingerprint density at radius 2 is 1.47 bits per heavy atom. The van der Waals surface area contributed by atoms with Crippen LogP contribution < -0.4 is 0 Å².